The SMILES string of the molecule is CCCC(C)(N)C(=O)NCC(=O)N1CCC(Cc2ccccc2)CC1.Cl. The number of rotatable bonds is 7. The number of halogens is 1. The first-order valence-electron chi connectivity index (χ1n) is 9.31. The molecule has 2 rings (SSSR count). The zero-order valence-electron chi connectivity index (χ0n) is 15.9. The maximum absolute atomic E-state index is 12.3. The Bertz CT molecular complexity index is 570. The van der Waals surface area contributed by atoms with Crippen LogP contribution in [0.1, 0.15) is 45.1 Å². The van der Waals surface area contributed by atoms with Crippen LogP contribution in [0.2, 0.25) is 0 Å². The summed E-state index contributed by atoms with van der Waals surface area (Å²) in [5.41, 5.74) is 6.44. The van der Waals surface area contributed by atoms with Crippen LogP contribution < -0.4 is 11.1 Å². The van der Waals surface area contributed by atoms with Crippen LogP contribution in [0, 0.1) is 5.92 Å². The minimum Gasteiger partial charge on any atom is -0.345 e. The van der Waals surface area contributed by atoms with Crippen molar-refractivity contribution in [3.05, 3.63) is 35.9 Å². The molecule has 5 nitrogen and oxygen atoms in total. The number of hydrogen-bond donors (Lipinski definition) is 2. The Hall–Kier alpha value is -1.59. The molecule has 146 valence electrons. The van der Waals surface area contributed by atoms with E-state index >= 15 is 0 Å². The molecule has 0 aliphatic carbocycles. The molecule has 1 aromatic carbocycles. The van der Waals surface area contributed by atoms with Gasteiger partial charge in [0, 0.05) is 13.1 Å². The van der Waals surface area contributed by atoms with Crippen LogP contribution in [0.15, 0.2) is 30.3 Å². The highest BCUT2D eigenvalue weighted by Gasteiger charge is 2.28. The zero-order chi connectivity index (χ0) is 18.3. The fraction of sp³-hybridized carbons (Fsp3) is 0.600. The zero-order valence-corrected chi connectivity index (χ0v) is 16.7. The van der Waals surface area contributed by atoms with Crippen LogP contribution in [0.25, 0.3) is 0 Å². The molecule has 1 aromatic rings. The largest absolute Gasteiger partial charge is 0.345 e. The summed E-state index contributed by atoms with van der Waals surface area (Å²) in [5, 5.41) is 2.70. The molecule has 1 atom stereocenters. The van der Waals surface area contributed by atoms with Crippen LogP contribution >= 0.6 is 12.4 Å². The summed E-state index contributed by atoms with van der Waals surface area (Å²) < 4.78 is 0. The second kappa shape index (κ2) is 10.5. The summed E-state index contributed by atoms with van der Waals surface area (Å²) >= 11 is 0. The molecule has 0 aromatic heterocycles. The molecule has 6 heteroatoms. The van der Waals surface area contributed by atoms with Crippen LogP contribution in [0.5, 0.6) is 0 Å². The van der Waals surface area contributed by atoms with Crippen molar-refractivity contribution in [2.75, 3.05) is 19.6 Å². The van der Waals surface area contributed by atoms with Crippen LogP contribution in [-0.2, 0) is 16.0 Å². The van der Waals surface area contributed by atoms with Gasteiger partial charge in [-0.15, -0.1) is 12.4 Å². The van der Waals surface area contributed by atoms with Gasteiger partial charge in [0.05, 0.1) is 12.1 Å². The van der Waals surface area contributed by atoms with E-state index in [9.17, 15) is 9.59 Å². The van der Waals surface area contributed by atoms with E-state index in [0.29, 0.717) is 12.3 Å². The smallest absolute Gasteiger partial charge is 0.241 e. The number of carbonyl (C=O) groups excluding carboxylic acids is 2. The number of nitrogens with two attached hydrogens (primary N) is 1. The Morgan fingerprint density at radius 1 is 1.23 bits per heavy atom. The predicted molar refractivity (Wildman–Crippen MR) is 107 cm³/mol. The van der Waals surface area contributed by atoms with Gasteiger partial charge in [0.15, 0.2) is 0 Å². The molecule has 0 spiro atoms. The number of amides is 2. The molecular weight excluding hydrogens is 350 g/mol. The van der Waals surface area contributed by atoms with Gasteiger partial charge in [0.25, 0.3) is 0 Å². The van der Waals surface area contributed by atoms with Crippen LogP contribution in [0.4, 0.5) is 0 Å². The van der Waals surface area contributed by atoms with Gasteiger partial charge in [-0.1, -0.05) is 43.7 Å². The van der Waals surface area contributed by atoms with Crippen molar-refractivity contribution < 1.29 is 9.59 Å². The first kappa shape index (κ1) is 22.5. The molecule has 1 aliphatic heterocycles. The lowest BCUT2D eigenvalue weighted by Gasteiger charge is -2.32. The van der Waals surface area contributed by atoms with Crippen molar-refractivity contribution in [3.8, 4) is 0 Å². The van der Waals surface area contributed by atoms with Crippen molar-refractivity contribution in [2.45, 2.75) is 51.5 Å². The number of nitrogens with zero attached hydrogens (tertiary/aromatic N) is 1. The summed E-state index contributed by atoms with van der Waals surface area (Å²) in [4.78, 5) is 26.3. The molecule has 1 saturated heterocycles. The Morgan fingerprint density at radius 2 is 1.85 bits per heavy atom. The number of likely N-dealkylation sites (tertiary alicyclic amines) is 1. The van der Waals surface area contributed by atoms with E-state index in [0.717, 1.165) is 38.8 Å². The lowest BCUT2D eigenvalue weighted by atomic mass is 9.90. The van der Waals surface area contributed by atoms with Gasteiger partial charge in [0.1, 0.15) is 0 Å². The van der Waals surface area contributed by atoms with Crippen molar-refractivity contribution in [1.82, 2.24) is 10.2 Å². The number of nitrogens with one attached hydrogen (secondary N) is 1. The molecule has 1 aliphatic rings. The van der Waals surface area contributed by atoms with E-state index < -0.39 is 5.54 Å². The summed E-state index contributed by atoms with van der Waals surface area (Å²) in [6, 6.07) is 10.5. The van der Waals surface area contributed by atoms with E-state index in [1.165, 1.54) is 5.56 Å². The topological polar surface area (TPSA) is 75.4 Å². The molecule has 3 N–H and O–H groups in total. The number of piperidine rings is 1. The molecule has 26 heavy (non-hydrogen) atoms. The Kier molecular flexibility index (Phi) is 9.09. The van der Waals surface area contributed by atoms with Crippen LogP contribution in [-0.4, -0.2) is 41.9 Å². The summed E-state index contributed by atoms with van der Waals surface area (Å²) in [7, 11) is 0. The number of benzene rings is 1. The van der Waals surface area contributed by atoms with E-state index in [1.54, 1.807) is 6.92 Å². The molecule has 2 amide bonds. The van der Waals surface area contributed by atoms with E-state index in [-0.39, 0.29) is 30.8 Å². The maximum Gasteiger partial charge on any atom is 0.241 e. The monoisotopic (exact) mass is 381 g/mol. The van der Waals surface area contributed by atoms with Gasteiger partial charge in [0.2, 0.25) is 11.8 Å². The molecule has 0 radical (unpaired) electrons. The fourth-order valence-electron chi connectivity index (χ4n) is 3.44. The Balaban J connectivity index is 0.00000338. The molecule has 0 saturated carbocycles. The molecule has 0 bridgehead atoms. The van der Waals surface area contributed by atoms with Crippen molar-refractivity contribution in [3.63, 3.8) is 0 Å². The summed E-state index contributed by atoms with van der Waals surface area (Å²) in [6.07, 6.45) is 4.54. The third-order valence-electron chi connectivity index (χ3n) is 5.02. The van der Waals surface area contributed by atoms with Gasteiger partial charge in [-0.25, -0.2) is 0 Å². The highest BCUT2D eigenvalue weighted by Crippen LogP contribution is 2.21. The minimum atomic E-state index is -0.905. The standard InChI is InChI=1S/C20H31N3O2.ClH/c1-3-11-20(2,21)19(25)22-15-18(24)23-12-9-17(10-13-23)14-16-7-5-4-6-8-16;/h4-8,17H,3,9-15,21H2,1-2H3,(H,22,25);1H. The van der Waals surface area contributed by atoms with Crippen LogP contribution in [0.3, 0.4) is 0 Å². The Morgan fingerprint density at radius 3 is 2.42 bits per heavy atom. The van der Waals surface area contributed by atoms with Gasteiger partial charge in [-0.05, 0) is 44.1 Å². The Labute approximate surface area is 163 Å². The molecule has 1 unspecified atom stereocenters. The van der Waals surface area contributed by atoms with E-state index in [4.69, 9.17) is 5.73 Å². The van der Waals surface area contributed by atoms with Gasteiger partial charge < -0.3 is 16.0 Å². The van der Waals surface area contributed by atoms with Crippen molar-refractivity contribution in [1.29, 1.82) is 0 Å². The molecule has 1 heterocycles. The fourth-order valence-corrected chi connectivity index (χ4v) is 3.44. The quantitative estimate of drug-likeness (QED) is 0.762. The van der Waals surface area contributed by atoms with Gasteiger partial charge >= 0.3 is 0 Å². The van der Waals surface area contributed by atoms with Crippen molar-refractivity contribution >= 4 is 24.2 Å². The normalized spacial score (nSPS) is 17.1. The second-order valence-corrected chi connectivity index (χ2v) is 7.36. The highest BCUT2D eigenvalue weighted by atomic mass is 35.5. The third kappa shape index (κ3) is 6.61. The minimum absolute atomic E-state index is 0. The van der Waals surface area contributed by atoms with Crippen molar-refractivity contribution in [2.24, 2.45) is 11.7 Å². The average molecular weight is 382 g/mol. The first-order chi connectivity index (χ1) is 11.9. The molecular formula is C20H32ClN3O2. The molecule has 1 fully saturated rings. The second-order valence-electron chi connectivity index (χ2n) is 7.36. The highest BCUT2D eigenvalue weighted by molar-refractivity contribution is 5.89. The number of carbonyl (C=O) groups is 2. The lowest BCUT2D eigenvalue weighted by molar-refractivity contribution is -0.135. The first-order valence-corrected chi connectivity index (χ1v) is 9.31. The third-order valence-corrected chi connectivity index (χ3v) is 5.02. The van der Waals surface area contributed by atoms with E-state index in [1.807, 2.05) is 17.9 Å². The van der Waals surface area contributed by atoms with Gasteiger partial charge in [-0.3, -0.25) is 9.59 Å². The number of hydrogen-bond acceptors (Lipinski definition) is 3. The maximum atomic E-state index is 12.3. The predicted octanol–water partition coefficient (Wildman–Crippen LogP) is 2.52. The van der Waals surface area contributed by atoms with E-state index in [2.05, 4.69) is 29.6 Å². The summed E-state index contributed by atoms with van der Waals surface area (Å²) in [6.45, 7) is 5.27. The average Bonchev–Trinajstić information content (AvgIpc) is 2.61. The van der Waals surface area contributed by atoms with Gasteiger partial charge in [-0.2, -0.15) is 0 Å². The summed E-state index contributed by atoms with van der Waals surface area (Å²) in [5.74, 6) is 0.360. The lowest BCUT2D eigenvalue weighted by Crippen LogP contribution is -2.54.